The summed E-state index contributed by atoms with van der Waals surface area (Å²) in [4.78, 5) is 41.0. The Morgan fingerprint density at radius 1 is 0.837 bits per heavy atom. The molecule has 0 unspecified atom stereocenters. The third-order valence-corrected chi connectivity index (χ3v) is 4.88. The molecule has 246 valence electrons. The summed E-state index contributed by atoms with van der Waals surface area (Å²) in [5.41, 5.74) is 1.57. The van der Waals surface area contributed by atoms with Crippen LogP contribution in [0.1, 0.15) is 32.8 Å². The first-order valence-electron chi connectivity index (χ1n) is 11.7. The van der Waals surface area contributed by atoms with E-state index in [9.17, 15) is 44.3 Å². The lowest BCUT2D eigenvalue weighted by atomic mass is 10.1. The minimum Gasteiger partial charge on any atom is -0.475 e. The summed E-state index contributed by atoms with van der Waals surface area (Å²) in [6.07, 6.45) is -14.4. The quantitative estimate of drug-likeness (QED) is 0.296. The van der Waals surface area contributed by atoms with Crippen molar-refractivity contribution in [1.29, 1.82) is 0 Å². The molecule has 2 heterocycles. The first kappa shape index (κ1) is 39.2. The monoisotopic (exact) mass is 645 g/mol. The van der Waals surface area contributed by atoms with Crippen molar-refractivity contribution >= 4 is 29.7 Å². The van der Waals surface area contributed by atoms with Crippen LogP contribution in [-0.2, 0) is 25.7 Å². The van der Waals surface area contributed by atoms with Crippen molar-refractivity contribution < 1.29 is 78.7 Å². The number of piperazine rings is 1. The number of hydrogen-bond acceptors (Lipinski definition) is 7. The number of carboxylic acids is 3. The molecule has 0 radical (unpaired) electrons. The predicted octanol–water partition coefficient (Wildman–Crippen LogP) is 4.48. The summed E-state index contributed by atoms with van der Waals surface area (Å²) in [6.45, 7) is 8.80. The highest BCUT2D eigenvalue weighted by Gasteiger charge is 2.39. The molecular weight excluding hydrogens is 617 g/mol. The highest BCUT2D eigenvalue weighted by molar-refractivity contribution is 5.84. The summed E-state index contributed by atoms with van der Waals surface area (Å²) in [7, 11) is 0. The van der Waals surface area contributed by atoms with Gasteiger partial charge in [-0.2, -0.15) is 39.5 Å². The summed E-state index contributed by atoms with van der Waals surface area (Å²) in [6, 6.07) is 9.39. The third-order valence-electron chi connectivity index (χ3n) is 4.88. The normalized spacial score (nSPS) is 18.0. The van der Waals surface area contributed by atoms with Crippen LogP contribution in [0.4, 0.5) is 50.0 Å². The van der Waals surface area contributed by atoms with Gasteiger partial charge in [-0.05, 0) is 44.9 Å². The van der Waals surface area contributed by atoms with Crippen LogP contribution in [0.25, 0.3) is 0 Å². The number of amides is 1. The van der Waals surface area contributed by atoms with E-state index in [0.717, 1.165) is 25.3 Å². The highest BCUT2D eigenvalue weighted by Crippen LogP contribution is 2.25. The van der Waals surface area contributed by atoms with Crippen molar-refractivity contribution in [3.8, 4) is 0 Å². The van der Waals surface area contributed by atoms with Gasteiger partial charge >= 0.3 is 42.5 Å². The van der Waals surface area contributed by atoms with E-state index in [-0.39, 0.29) is 0 Å². The molecule has 43 heavy (non-hydrogen) atoms. The van der Waals surface area contributed by atoms with Gasteiger partial charge in [0.25, 0.3) is 0 Å². The Hall–Kier alpha value is -3.81. The number of nitrogens with one attached hydrogen (secondary N) is 2. The summed E-state index contributed by atoms with van der Waals surface area (Å²) in [5.74, 6) is -8.27. The number of hydrogen-bond donors (Lipinski definition) is 5. The molecule has 1 amide bonds. The average Bonchev–Trinajstić information content (AvgIpc) is 3.42. The number of anilines is 1. The fourth-order valence-corrected chi connectivity index (χ4v) is 3.19. The number of halogens is 9. The first-order valence-corrected chi connectivity index (χ1v) is 11.7. The Morgan fingerprint density at radius 2 is 1.23 bits per heavy atom. The van der Waals surface area contributed by atoms with E-state index in [2.05, 4.69) is 27.7 Å². The van der Waals surface area contributed by atoms with Crippen molar-refractivity contribution in [3.05, 3.63) is 29.8 Å². The molecule has 2 aliphatic heterocycles. The largest absolute Gasteiger partial charge is 0.490 e. The minimum atomic E-state index is -5.08. The van der Waals surface area contributed by atoms with Gasteiger partial charge in [-0.15, -0.1) is 0 Å². The van der Waals surface area contributed by atoms with Crippen LogP contribution in [-0.4, -0.2) is 93.5 Å². The fraction of sp³-hybridized carbons (Fsp3) is 0.565. The van der Waals surface area contributed by atoms with Crippen LogP contribution >= 0.6 is 0 Å². The second kappa shape index (κ2) is 15.6. The molecule has 11 nitrogen and oxygen atoms in total. The predicted molar refractivity (Wildman–Crippen MR) is 128 cm³/mol. The Kier molecular flexibility index (Phi) is 14.2. The van der Waals surface area contributed by atoms with Crippen molar-refractivity contribution in [3.63, 3.8) is 0 Å². The Morgan fingerprint density at radius 3 is 1.51 bits per heavy atom. The van der Waals surface area contributed by atoms with Gasteiger partial charge in [-0.25, -0.2) is 19.2 Å². The number of rotatable bonds is 3. The Balaban J connectivity index is 0.000000690. The molecule has 0 saturated carbocycles. The highest BCUT2D eigenvalue weighted by atomic mass is 19.4. The zero-order chi connectivity index (χ0) is 34.0. The molecule has 20 heteroatoms. The maximum atomic E-state index is 11.7. The zero-order valence-corrected chi connectivity index (χ0v) is 22.5. The third kappa shape index (κ3) is 17.0. The molecule has 2 fully saturated rings. The number of carbonyl (C=O) groups excluding carboxylic acids is 1. The molecule has 2 atom stereocenters. The van der Waals surface area contributed by atoms with Crippen LogP contribution in [0.15, 0.2) is 24.3 Å². The van der Waals surface area contributed by atoms with Crippen LogP contribution in [0.5, 0.6) is 0 Å². The fourth-order valence-electron chi connectivity index (χ4n) is 3.19. The molecule has 3 rings (SSSR count). The number of alkyl halides is 9. The van der Waals surface area contributed by atoms with E-state index in [1.807, 2.05) is 32.9 Å². The molecule has 1 aromatic rings. The number of carbonyl (C=O) groups is 4. The molecule has 5 N–H and O–H groups in total. The van der Waals surface area contributed by atoms with Gasteiger partial charge in [-0.1, -0.05) is 12.1 Å². The van der Waals surface area contributed by atoms with Crippen LogP contribution in [0.2, 0.25) is 0 Å². The lowest BCUT2D eigenvalue weighted by Crippen LogP contribution is -2.42. The zero-order valence-electron chi connectivity index (χ0n) is 22.5. The molecule has 1 aromatic carbocycles. The molecule has 2 saturated heterocycles. The van der Waals surface area contributed by atoms with E-state index in [1.54, 1.807) is 0 Å². The maximum absolute atomic E-state index is 11.7. The van der Waals surface area contributed by atoms with E-state index in [1.165, 1.54) is 12.0 Å². The van der Waals surface area contributed by atoms with E-state index < -0.39 is 48.1 Å². The summed E-state index contributed by atoms with van der Waals surface area (Å²) in [5, 5.41) is 27.7. The second-order valence-corrected chi connectivity index (χ2v) is 9.66. The van der Waals surface area contributed by atoms with Gasteiger partial charge in [0.15, 0.2) is 0 Å². The Bertz CT molecular complexity index is 1030. The van der Waals surface area contributed by atoms with Gasteiger partial charge < -0.3 is 25.4 Å². The average molecular weight is 645 g/mol. The van der Waals surface area contributed by atoms with E-state index in [4.69, 9.17) is 34.4 Å². The number of nitrogens with zero attached hydrogens (tertiary/aromatic N) is 1. The van der Waals surface area contributed by atoms with Crippen molar-refractivity contribution in [2.75, 3.05) is 18.4 Å². The van der Waals surface area contributed by atoms with Crippen molar-refractivity contribution in [1.82, 2.24) is 10.2 Å². The SMILES string of the molecule is CC(C)(C)OC(=O)Nc1ccc(CN2C[C@@H]3C[C@H]2CN3)cc1.O=C(O)C(F)(F)F.O=C(O)C(F)(F)F.O=C(O)C(F)(F)F. The van der Waals surface area contributed by atoms with Gasteiger partial charge in [0.1, 0.15) is 5.60 Å². The Labute approximate surface area is 237 Å². The lowest BCUT2D eigenvalue weighted by Gasteiger charge is -2.27. The number of fused-ring (bicyclic) bond motifs is 2. The van der Waals surface area contributed by atoms with Gasteiger partial charge in [0.05, 0.1) is 0 Å². The minimum absolute atomic E-state index is 0.414. The smallest absolute Gasteiger partial charge is 0.475 e. The number of benzene rings is 1. The van der Waals surface area contributed by atoms with E-state index in [0.29, 0.717) is 12.1 Å². The molecule has 2 bridgehead atoms. The molecule has 0 spiro atoms. The maximum Gasteiger partial charge on any atom is 0.490 e. The van der Waals surface area contributed by atoms with Gasteiger partial charge in [-0.3, -0.25) is 10.2 Å². The van der Waals surface area contributed by atoms with E-state index >= 15 is 0 Å². The topological polar surface area (TPSA) is 165 Å². The van der Waals surface area contributed by atoms with Gasteiger partial charge in [0, 0.05) is 37.4 Å². The van der Waals surface area contributed by atoms with Crippen molar-refractivity contribution in [2.24, 2.45) is 0 Å². The number of carboxylic acid groups (broad SMARTS) is 3. The van der Waals surface area contributed by atoms with Crippen molar-refractivity contribution in [2.45, 2.75) is 70.0 Å². The van der Waals surface area contributed by atoms with Gasteiger partial charge in [0.2, 0.25) is 0 Å². The van der Waals surface area contributed by atoms with Crippen LogP contribution in [0.3, 0.4) is 0 Å². The molecule has 2 aliphatic rings. The second-order valence-electron chi connectivity index (χ2n) is 9.66. The van der Waals surface area contributed by atoms with Crippen LogP contribution in [0, 0.1) is 0 Å². The summed E-state index contributed by atoms with van der Waals surface area (Å²) < 4.78 is 100. The molecular formula is C23H28F9N3O8. The summed E-state index contributed by atoms with van der Waals surface area (Å²) >= 11 is 0. The number of aliphatic carboxylic acids is 3. The number of likely N-dealkylation sites (tertiary alicyclic amines) is 1. The van der Waals surface area contributed by atoms with Crippen LogP contribution < -0.4 is 10.6 Å². The standard InChI is InChI=1S/C17H25N3O2.3C2HF3O2/c1-17(2,3)22-16(21)19-13-6-4-12(5-7-13)10-20-11-14-8-15(20)9-18-14;3*3-2(4,5)1(6)7/h4-7,14-15,18H,8-11H2,1-3H3,(H,19,21);3*(H,6,7)/t14-,15-;;;/m0.../s1. The number of ether oxygens (including phenoxy) is 1. The first-order chi connectivity index (χ1) is 19.2. The molecule has 0 aromatic heterocycles. The molecule has 0 aliphatic carbocycles. The lowest BCUT2D eigenvalue weighted by molar-refractivity contribution is -0.193.